The van der Waals surface area contributed by atoms with Crippen LogP contribution in [-0.4, -0.2) is 42.9 Å². The van der Waals surface area contributed by atoms with E-state index in [1.165, 1.54) is 30.6 Å². The predicted molar refractivity (Wildman–Crippen MR) is 100 cm³/mol. The zero-order chi connectivity index (χ0) is 19.0. The molecule has 27 heavy (non-hydrogen) atoms. The summed E-state index contributed by atoms with van der Waals surface area (Å²) in [5.41, 5.74) is 1.48. The van der Waals surface area contributed by atoms with E-state index < -0.39 is 6.04 Å². The zero-order valence-electron chi connectivity index (χ0n) is 15.6. The van der Waals surface area contributed by atoms with Gasteiger partial charge in [-0.3, -0.25) is 9.69 Å². The Morgan fingerprint density at radius 3 is 2.74 bits per heavy atom. The Hall–Kier alpha value is -2.29. The summed E-state index contributed by atoms with van der Waals surface area (Å²) in [4.78, 5) is 30.9. The van der Waals surface area contributed by atoms with Crippen LogP contribution >= 0.6 is 11.3 Å². The van der Waals surface area contributed by atoms with E-state index in [1.807, 2.05) is 25.4 Å². The third kappa shape index (κ3) is 3.73. The molecular formula is C18H24N6O2S. The predicted octanol–water partition coefficient (Wildman–Crippen LogP) is 2.64. The molecule has 1 saturated carbocycles. The zero-order valence-corrected chi connectivity index (χ0v) is 16.4. The van der Waals surface area contributed by atoms with Crippen LogP contribution in [-0.2, 0) is 17.8 Å². The van der Waals surface area contributed by atoms with E-state index in [0.717, 1.165) is 10.7 Å². The minimum atomic E-state index is -0.595. The molecular weight excluding hydrogens is 364 g/mol. The number of amides is 3. The molecule has 144 valence electrons. The number of imide groups is 1. The molecule has 0 bridgehead atoms. The third-order valence-corrected chi connectivity index (χ3v) is 6.26. The topological polar surface area (TPSA) is 93.0 Å². The first-order valence-electron chi connectivity index (χ1n) is 9.48. The summed E-state index contributed by atoms with van der Waals surface area (Å²) in [5, 5.41) is 14.0. The van der Waals surface area contributed by atoms with Crippen LogP contribution in [0.5, 0.6) is 0 Å². The first-order chi connectivity index (χ1) is 13.0. The van der Waals surface area contributed by atoms with Gasteiger partial charge in [-0.1, -0.05) is 18.1 Å². The molecule has 9 heteroatoms. The number of rotatable bonds is 6. The van der Waals surface area contributed by atoms with Gasteiger partial charge >= 0.3 is 6.03 Å². The lowest BCUT2D eigenvalue weighted by atomic mass is 10.1. The van der Waals surface area contributed by atoms with Gasteiger partial charge in [0.2, 0.25) is 0 Å². The molecule has 3 amide bonds. The normalized spacial score (nSPS) is 20.9. The fraction of sp³-hybridized carbons (Fsp3) is 0.611. The van der Waals surface area contributed by atoms with Gasteiger partial charge < -0.3 is 5.32 Å². The Labute approximate surface area is 162 Å². The molecule has 1 aliphatic carbocycles. The Morgan fingerprint density at radius 1 is 1.26 bits per heavy atom. The molecule has 0 aromatic carbocycles. The Bertz CT molecular complexity index is 839. The monoisotopic (exact) mass is 388 g/mol. The second kappa shape index (κ2) is 7.38. The number of aromatic nitrogens is 4. The molecule has 2 fully saturated rings. The van der Waals surface area contributed by atoms with Gasteiger partial charge in [-0.05, 0) is 26.7 Å². The average Bonchev–Trinajstić information content (AvgIpc) is 3.40. The van der Waals surface area contributed by atoms with Gasteiger partial charge in [0, 0.05) is 30.0 Å². The Balaban J connectivity index is 1.40. The van der Waals surface area contributed by atoms with Gasteiger partial charge in [-0.2, -0.15) is 0 Å². The number of nitrogens with zero attached hydrogens (tertiary/aromatic N) is 5. The second-order valence-electron chi connectivity index (χ2n) is 7.57. The van der Waals surface area contributed by atoms with Crippen LogP contribution in [0.2, 0.25) is 0 Å². The summed E-state index contributed by atoms with van der Waals surface area (Å²) >= 11 is 1.64. The summed E-state index contributed by atoms with van der Waals surface area (Å²) in [7, 11) is 0. The van der Waals surface area contributed by atoms with Crippen LogP contribution in [0.25, 0.3) is 0 Å². The van der Waals surface area contributed by atoms with E-state index in [0.29, 0.717) is 18.0 Å². The Morgan fingerprint density at radius 2 is 2.04 bits per heavy atom. The van der Waals surface area contributed by atoms with Crippen LogP contribution in [0, 0.1) is 0 Å². The van der Waals surface area contributed by atoms with Gasteiger partial charge in [0.1, 0.15) is 6.04 Å². The molecule has 2 aliphatic rings. The smallest absolute Gasteiger partial charge is 0.325 e. The number of thiazole rings is 1. The lowest BCUT2D eigenvalue weighted by molar-refractivity contribution is -0.127. The van der Waals surface area contributed by atoms with E-state index in [2.05, 4.69) is 20.6 Å². The van der Waals surface area contributed by atoms with Crippen molar-refractivity contribution in [2.45, 2.75) is 70.5 Å². The molecule has 2 aromatic heterocycles. The fourth-order valence-corrected chi connectivity index (χ4v) is 4.63. The van der Waals surface area contributed by atoms with Crippen molar-refractivity contribution in [3.8, 4) is 0 Å². The van der Waals surface area contributed by atoms with Crippen LogP contribution < -0.4 is 5.32 Å². The fourth-order valence-electron chi connectivity index (χ4n) is 3.65. The lowest BCUT2D eigenvalue weighted by Crippen LogP contribution is -2.32. The van der Waals surface area contributed by atoms with Crippen molar-refractivity contribution in [3.05, 3.63) is 28.0 Å². The minimum absolute atomic E-state index is 0.204. The molecule has 1 N–H and O–H groups in total. The van der Waals surface area contributed by atoms with E-state index in [1.54, 1.807) is 16.0 Å². The third-order valence-electron chi connectivity index (χ3n) is 5.20. The number of carbonyl (C=O) groups excluding carboxylic acids is 2. The summed E-state index contributed by atoms with van der Waals surface area (Å²) in [6.07, 6.45) is 7.06. The maximum Gasteiger partial charge on any atom is 0.325 e. The lowest BCUT2D eigenvalue weighted by Gasteiger charge is -2.11. The highest BCUT2D eigenvalue weighted by atomic mass is 32.1. The molecule has 3 heterocycles. The largest absolute Gasteiger partial charge is 0.325 e. The molecule has 1 saturated heterocycles. The van der Waals surface area contributed by atoms with Crippen molar-refractivity contribution in [2.24, 2.45) is 0 Å². The summed E-state index contributed by atoms with van der Waals surface area (Å²) in [6.45, 7) is 4.25. The number of hydrogen-bond donors (Lipinski definition) is 1. The van der Waals surface area contributed by atoms with Crippen molar-refractivity contribution >= 4 is 23.3 Å². The van der Waals surface area contributed by atoms with E-state index in [-0.39, 0.29) is 24.5 Å². The van der Waals surface area contributed by atoms with Gasteiger partial charge in [0.05, 0.1) is 22.9 Å². The van der Waals surface area contributed by atoms with Gasteiger partial charge in [-0.15, -0.1) is 16.4 Å². The van der Waals surface area contributed by atoms with Crippen molar-refractivity contribution in [3.63, 3.8) is 0 Å². The minimum Gasteiger partial charge on any atom is -0.325 e. The number of urea groups is 1. The van der Waals surface area contributed by atoms with Gasteiger partial charge in [0.25, 0.3) is 5.91 Å². The van der Waals surface area contributed by atoms with E-state index in [9.17, 15) is 9.59 Å². The summed E-state index contributed by atoms with van der Waals surface area (Å²) in [6, 6.07) is -0.755. The van der Waals surface area contributed by atoms with Crippen molar-refractivity contribution in [1.29, 1.82) is 0 Å². The quantitative estimate of drug-likeness (QED) is 0.768. The van der Waals surface area contributed by atoms with Crippen LogP contribution in [0.15, 0.2) is 11.6 Å². The molecule has 8 nitrogen and oxygen atoms in total. The van der Waals surface area contributed by atoms with Gasteiger partial charge in [0.15, 0.2) is 0 Å². The number of nitrogens with one attached hydrogen (secondary N) is 1. The Kier molecular flexibility index (Phi) is 4.94. The second-order valence-corrected chi connectivity index (χ2v) is 8.46. The van der Waals surface area contributed by atoms with Crippen molar-refractivity contribution in [2.75, 3.05) is 0 Å². The van der Waals surface area contributed by atoms with E-state index in [4.69, 9.17) is 0 Å². The van der Waals surface area contributed by atoms with E-state index >= 15 is 0 Å². The standard InChI is InChI=1S/C18H24N6O2S/c1-11(2)24-9-13(21-22-24)7-15-17(25)23(18(26)20-15)8-14-10-27-16(19-14)12-5-3-4-6-12/h9-12,15H,3-8H2,1-2H3,(H,20,26). The summed E-state index contributed by atoms with van der Waals surface area (Å²) in [5.74, 6) is 0.317. The van der Waals surface area contributed by atoms with Crippen molar-refractivity contribution < 1.29 is 9.59 Å². The molecule has 1 unspecified atom stereocenters. The number of hydrogen-bond acceptors (Lipinski definition) is 6. The molecule has 1 aliphatic heterocycles. The first-order valence-corrected chi connectivity index (χ1v) is 10.4. The highest BCUT2D eigenvalue weighted by Crippen LogP contribution is 2.35. The van der Waals surface area contributed by atoms with Crippen LogP contribution in [0.1, 0.15) is 67.9 Å². The number of carbonyl (C=O) groups is 2. The van der Waals surface area contributed by atoms with Crippen LogP contribution in [0.4, 0.5) is 4.79 Å². The maximum absolute atomic E-state index is 12.7. The molecule has 4 rings (SSSR count). The molecule has 0 spiro atoms. The highest BCUT2D eigenvalue weighted by molar-refractivity contribution is 7.09. The molecule has 0 radical (unpaired) electrons. The maximum atomic E-state index is 12.7. The SMILES string of the molecule is CC(C)n1cc(CC2NC(=O)N(Cc3csc(C4CCCC4)n3)C2=O)nn1. The molecule has 1 atom stereocenters. The highest BCUT2D eigenvalue weighted by Gasteiger charge is 2.38. The first kappa shape index (κ1) is 18.1. The van der Waals surface area contributed by atoms with Crippen molar-refractivity contribution in [1.82, 2.24) is 30.2 Å². The molecule has 2 aromatic rings. The summed E-state index contributed by atoms with van der Waals surface area (Å²) < 4.78 is 1.74. The van der Waals surface area contributed by atoms with Gasteiger partial charge in [-0.25, -0.2) is 14.5 Å². The van der Waals surface area contributed by atoms with Crippen LogP contribution in [0.3, 0.4) is 0 Å². The average molecular weight is 388 g/mol.